The molecule has 0 heterocycles. The number of aliphatic carboxylic acids is 2. The first-order chi connectivity index (χ1) is 16.6. The lowest BCUT2D eigenvalue weighted by molar-refractivity contribution is -0.143. The van der Waals surface area contributed by atoms with Crippen molar-refractivity contribution in [3.63, 3.8) is 0 Å². The van der Waals surface area contributed by atoms with Gasteiger partial charge in [0, 0.05) is 13.0 Å². The Bertz CT molecular complexity index is 845. The van der Waals surface area contributed by atoms with Crippen LogP contribution in [0.15, 0.2) is 4.99 Å². The van der Waals surface area contributed by atoms with Gasteiger partial charge in [-0.2, -0.15) is 0 Å². The van der Waals surface area contributed by atoms with Crippen molar-refractivity contribution in [2.75, 3.05) is 6.54 Å². The fourth-order valence-corrected chi connectivity index (χ4v) is 2.78. The minimum absolute atomic E-state index is 0.0876. The van der Waals surface area contributed by atoms with Crippen LogP contribution >= 0.6 is 0 Å². The highest BCUT2D eigenvalue weighted by atomic mass is 16.4. The number of amides is 4. The second-order valence-corrected chi connectivity index (χ2v) is 7.85. The van der Waals surface area contributed by atoms with Crippen LogP contribution < -0.4 is 38.9 Å². The number of nitrogens with two attached hydrogens (primary N) is 4. The number of carbonyl (C=O) groups is 6. The molecule has 0 aromatic carbocycles. The zero-order valence-corrected chi connectivity index (χ0v) is 19.7. The predicted molar refractivity (Wildman–Crippen MR) is 124 cm³/mol. The number of aliphatic hydroxyl groups is 1. The zero-order chi connectivity index (χ0) is 28.0. The Labute approximate surface area is 206 Å². The van der Waals surface area contributed by atoms with Crippen LogP contribution in [0.2, 0.25) is 0 Å². The molecule has 5 unspecified atom stereocenters. The van der Waals surface area contributed by atoms with Crippen molar-refractivity contribution < 1.29 is 44.1 Å². The van der Waals surface area contributed by atoms with Crippen LogP contribution in [0.25, 0.3) is 0 Å². The van der Waals surface area contributed by atoms with Gasteiger partial charge in [-0.3, -0.25) is 29.0 Å². The van der Waals surface area contributed by atoms with E-state index in [0.717, 1.165) is 6.92 Å². The molecule has 0 aromatic heterocycles. The number of rotatable bonds is 17. The van der Waals surface area contributed by atoms with Gasteiger partial charge in [-0.25, -0.2) is 4.79 Å². The van der Waals surface area contributed by atoms with E-state index in [9.17, 15) is 39.0 Å². The summed E-state index contributed by atoms with van der Waals surface area (Å²) >= 11 is 0. The molecule has 4 amide bonds. The number of aliphatic imine (C=N–C) groups is 1. The van der Waals surface area contributed by atoms with E-state index in [1.807, 2.05) is 0 Å². The lowest BCUT2D eigenvalue weighted by Crippen LogP contribution is -2.60. The Morgan fingerprint density at radius 2 is 1.44 bits per heavy atom. The lowest BCUT2D eigenvalue weighted by atomic mass is 10.1. The molecule has 204 valence electrons. The van der Waals surface area contributed by atoms with E-state index in [-0.39, 0.29) is 31.8 Å². The van der Waals surface area contributed by atoms with Crippen molar-refractivity contribution >= 4 is 41.5 Å². The fraction of sp³-hybridized carbons (Fsp3) is 0.632. The Morgan fingerprint density at radius 3 is 1.92 bits per heavy atom. The van der Waals surface area contributed by atoms with Crippen LogP contribution in [-0.2, 0) is 28.8 Å². The SMILES string of the molecule is CC(O)C(NC(=O)C(N)CCC(=O)O)C(=O)NC(CC(N)=O)C(=O)NC(CCCN=C(N)N)C(=O)O. The van der Waals surface area contributed by atoms with E-state index in [4.69, 9.17) is 28.0 Å². The largest absolute Gasteiger partial charge is 0.481 e. The topological polar surface area (TPSA) is 316 Å². The summed E-state index contributed by atoms with van der Waals surface area (Å²) in [6, 6.07) is -6.02. The van der Waals surface area contributed by atoms with Crippen LogP contribution in [0.1, 0.15) is 39.0 Å². The van der Waals surface area contributed by atoms with E-state index in [0.29, 0.717) is 0 Å². The number of hydrogen-bond donors (Lipinski definition) is 10. The van der Waals surface area contributed by atoms with Crippen LogP contribution in [0.3, 0.4) is 0 Å². The maximum absolute atomic E-state index is 12.7. The molecule has 17 nitrogen and oxygen atoms in total. The summed E-state index contributed by atoms with van der Waals surface area (Å²) in [5, 5.41) is 34.4. The number of primary amides is 1. The Balaban J connectivity index is 5.40. The number of carboxylic acid groups (broad SMARTS) is 2. The number of guanidine groups is 1. The van der Waals surface area contributed by atoms with Gasteiger partial charge in [-0.15, -0.1) is 0 Å². The molecule has 36 heavy (non-hydrogen) atoms. The first kappa shape index (κ1) is 32.0. The maximum Gasteiger partial charge on any atom is 0.326 e. The summed E-state index contributed by atoms with van der Waals surface area (Å²) in [6.45, 7) is 1.24. The van der Waals surface area contributed by atoms with Gasteiger partial charge in [0.15, 0.2) is 5.96 Å². The Hall–Kier alpha value is -3.99. The average Bonchev–Trinajstić information content (AvgIpc) is 2.75. The molecule has 0 spiro atoms. The van der Waals surface area contributed by atoms with Crippen LogP contribution in [0.4, 0.5) is 0 Å². The minimum Gasteiger partial charge on any atom is -0.481 e. The Kier molecular flexibility index (Phi) is 14.1. The molecule has 0 bridgehead atoms. The number of hydrogen-bond acceptors (Lipinski definition) is 9. The summed E-state index contributed by atoms with van der Waals surface area (Å²) in [7, 11) is 0. The normalized spacial score (nSPS) is 14.8. The molecule has 0 aromatic rings. The van der Waals surface area contributed by atoms with E-state index >= 15 is 0 Å². The van der Waals surface area contributed by atoms with Crippen molar-refractivity contribution in [2.24, 2.45) is 27.9 Å². The summed E-state index contributed by atoms with van der Waals surface area (Å²) < 4.78 is 0. The van der Waals surface area contributed by atoms with E-state index in [1.54, 1.807) is 0 Å². The number of carbonyl (C=O) groups excluding carboxylic acids is 4. The quantitative estimate of drug-likeness (QED) is 0.0491. The van der Waals surface area contributed by atoms with Crippen LogP contribution in [-0.4, -0.2) is 93.7 Å². The molecular formula is C19H34N8O9. The van der Waals surface area contributed by atoms with Crippen molar-refractivity contribution in [1.29, 1.82) is 0 Å². The summed E-state index contributed by atoms with van der Waals surface area (Å²) in [5.41, 5.74) is 21.1. The standard InChI is InChI=1S/C19H34N8O9/c1-8(28)14(27-15(32)9(20)4-5-13(30)31)17(34)26-11(7-12(21)29)16(33)25-10(18(35)36)3-2-6-24-19(22)23/h8-11,14,28H,2-7,20H2,1H3,(H2,21,29)(H,25,33)(H,26,34)(H,27,32)(H,30,31)(H,35,36)(H4,22,23,24). The van der Waals surface area contributed by atoms with Gasteiger partial charge in [0.25, 0.3) is 0 Å². The van der Waals surface area contributed by atoms with E-state index < -0.39 is 78.7 Å². The van der Waals surface area contributed by atoms with Gasteiger partial charge in [0.1, 0.15) is 18.1 Å². The van der Waals surface area contributed by atoms with Gasteiger partial charge >= 0.3 is 11.9 Å². The monoisotopic (exact) mass is 518 g/mol. The molecule has 17 heteroatoms. The summed E-state index contributed by atoms with van der Waals surface area (Å²) in [5.74, 6) is -6.92. The summed E-state index contributed by atoms with van der Waals surface area (Å²) in [4.78, 5) is 74.8. The van der Waals surface area contributed by atoms with Crippen LogP contribution in [0.5, 0.6) is 0 Å². The van der Waals surface area contributed by atoms with Gasteiger partial charge in [-0.05, 0) is 26.2 Å². The zero-order valence-electron chi connectivity index (χ0n) is 19.7. The molecule has 0 aliphatic rings. The van der Waals surface area contributed by atoms with Crippen molar-refractivity contribution in [1.82, 2.24) is 16.0 Å². The highest BCUT2D eigenvalue weighted by Crippen LogP contribution is 2.04. The van der Waals surface area contributed by atoms with Gasteiger partial charge in [0.2, 0.25) is 23.6 Å². The molecule has 14 N–H and O–H groups in total. The average molecular weight is 519 g/mol. The second-order valence-electron chi connectivity index (χ2n) is 7.85. The molecule has 0 saturated carbocycles. The lowest BCUT2D eigenvalue weighted by Gasteiger charge is -2.26. The summed E-state index contributed by atoms with van der Waals surface area (Å²) in [6.07, 6.45) is -2.80. The second kappa shape index (κ2) is 15.8. The molecule has 0 aliphatic carbocycles. The fourth-order valence-electron chi connectivity index (χ4n) is 2.78. The van der Waals surface area contributed by atoms with Gasteiger partial charge < -0.3 is 54.2 Å². The van der Waals surface area contributed by atoms with Crippen molar-refractivity contribution in [2.45, 2.75) is 69.3 Å². The number of aliphatic hydroxyl groups excluding tert-OH is 1. The first-order valence-corrected chi connectivity index (χ1v) is 10.8. The molecule has 0 rings (SSSR count). The third-order valence-electron chi connectivity index (χ3n) is 4.67. The third-order valence-corrected chi connectivity index (χ3v) is 4.67. The minimum atomic E-state index is -1.65. The molecule has 5 atom stereocenters. The third kappa shape index (κ3) is 13.0. The van der Waals surface area contributed by atoms with E-state index in [2.05, 4.69) is 20.9 Å². The first-order valence-electron chi connectivity index (χ1n) is 10.8. The number of carboxylic acids is 2. The Morgan fingerprint density at radius 1 is 0.861 bits per heavy atom. The highest BCUT2D eigenvalue weighted by molar-refractivity contribution is 5.96. The van der Waals surface area contributed by atoms with Crippen LogP contribution in [0, 0.1) is 0 Å². The van der Waals surface area contributed by atoms with Crippen molar-refractivity contribution in [3.8, 4) is 0 Å². The molecule has 0 saturated heterocycles. The van der Waals surface area contributed by atoms with Gasteiger partial charge in [-0.1, -0.05) is 0 Å². The highest BCUT2D eigenvalue weighted by Gasteiger charge is 2.33. The predicted octanol–water partition coefficient (Wildman–Crippen LogP) is -4.97. The number of nitrogens with one attached hydrogen (secondary N) is 3. The van der Waals surface area contributed by atoms with Crippen molar-refractivity contribution in [3.05, 3.63) is 0 Å². The number of nitrogens with zero attached hydrogens (tertiary/aromatic N) is 1. The van der Waals surface area contributed by atoms with Gasteiger partial charge in [0.05, 0.1) is 18.6 Å². The molecule has 0 radical (unpaired) electrons. The smallest absolute Gasteiger partial charge is 0.326 e. The molecular weight excluding hydrogens is 484 g/mol. The maximum atomic E-state index is 12.7. The molecule has 0 fully saturated rings. The molecule has 0 aliphatic heterocycles. The van der Waals surface area contributed by atoms with E-state index in [1.165, 1.54) is 0 Å².